The minimum absolute atomic E-state index is 0.0662. The van der Waals surface area contributed by atoms with Crippen LogP contribution in [0.15, 0.2) is 28.2 Å². The lowest BCUT2D eigenvalue weighted by molar-refractivity contribution is 0.340. The normalized spacial score (nSPS) is 10.8. The van der Waals surface area contributed by atoms with E-state index >= 15 is 0 Å². The molecule has 1 aromatic heterocycles. The molecule has 2 N–H and O–H groups in total. The Morgan fingerprint density at radius 2 is 2.00 bits per heavy atom. The van der Waals surface area contributed by atoms with Crippen LogP contribution in [0.4, 0.5) is 0 Å². The molecule has 21 heavy (non-hydrogen) atoms. The Bertz CT molecular complexity index is 743. The molecule has 0 aliphatic heterocycles. The minimum atomic E-state index is -0.465. The molecule has 1 aromatic carbocycles. The number of nitrogens with zero attached hydrogens (tertiary/aromatic N) is 3. The first-order valence-electron chi connectivity index (χ1n) is 5.73. The van der Waals surface area contributed by atoms with Crippen molar-refractivity contribution in [3.63, 3.8) is 0 Å². The number of phenolic OH excluding ortho intramolecular Hbond substituents is 1. The van der Waals surface area contributed by atoms with Crippen LogP contribution in [0.2, 0.25) is 0 Å². The van der Waals surface area contributed by atoms with Gasteiger partial charge in [0, 0.05) is 5.56 Å². The maximum Gasteiger partial charge on any atom is 0.293 e. The van der Waals surface area contributed by atoms with Crippen LogP contribution in [0.5, 0.6) is 17.2 Å². The fourth-order valence-electron chi connectivity index (χ4n) is 1.57. The van der Waals surface area contributed by atoms with Gasteiger partial charge in [0.1, 0.15) is 6.20 Å². The highest BCUT2D eigenvalue weighted by atomic mass is 32.1. The van der Waals surface area contributed by atoms with E-state index in [0.29, 0.717) is 5.56 Å². The molecule has 0 aliphatic rings. The molecule has 8 nitrogen and oxygen atoms in total. The van der Waals surface area contributed by atoms with E-state index in [1.807, 2.05) is 0 Å². The van der Waals surface area contributed by atoms with E-state index in [2.05, 4.69) is 15.3 Å². The SMILES string of the molecule is COc1cc(/C=N\n2c(=O)cn[nH]c2=S)cc(OC)c1O. The van der Waals surface area contributed by atoms with Gasteiger partial charge in [-0.3, -0.25) is 9.89 Å². The number of H-pyrrole nitrogens is 1. The predicted octanol–water partition coefficient (Wildman–Crippen LogP) is 0.906. The van der Waals surface area contributed by atoms with Gasteiger partial charge in [0.05, 0.1) is 20.4 Å². The van der Waals surface area contributed by atoms with E-state index in [0.717, 1.165) is 10.9 Å². The summed E-state index contributed by atoms with van der Waals surface area (Å²) >= 11 is 4.91. The van der Waals surface area contributed by atoms with Crippen molar-refractivity contribution in [1.82, 2.24) is 14.9 Å². The van der Waals surface area contributed by atoms with Crippen molar-refractivity contribution in [3.05, 3.63) is 39.0 Å². The van der Waals surface area contributed by atoms with Crippen LogP contribution in [0.25, 0.3) is 0 Å². The second-order valence-electron chi connectivity index (χ2n) is 3.84. The number of rotatable bonds is 4. The Hall–Kier alpha value is -2.68. The summed E-state index contributed by atoms with van der Waals surface area (Å²) in [5.41, 5.74) is 0.0901. The molecule has 0 spiro atoms. The van der Waals surface area contributed by atoms with Gasteiger partial charge in [-0.25, -0.2) is 0 Å². The van der Waals surface area contributed by atoms with Gasteiger partial charge in [-0.15, -0.1) is 0 Å². The largest absolute Gasteiger partial charge is 0.502 e. The minimum Gasteiger partial charge on any atom is -0.502 e. The Balaban J connectivity index is 2.46. The van der Waals surface area contributed by atoms with E-state index in [4.69, 9.17) is 21.7 Å². The lowest BCUT2D eigenvalue weighted by Crippen LogP contribution is -2.18. The third-order valence-corrected chi connectivity index (χ3v) is 2.82. The molecular weight excluding hydrogens is 296 g/mol. The molecule has 110 valence electrons. The highest BCUT2D eigenvalue weighted by Gasteiger charge is 2.10. The number of hydrogen-bond donors (Lipinski definition) is 2. The third-order valence-electron chi connectivity index (χ3n) is 2.56. The summed E-state index contributed by atoms with van der Waals surface area (Å²) in [5, 5.41) is 19.8. The molecule has 0 bridgehead atoms. The second kappa shape index (κ2) is 6.18. The molecule has 0 amide bonds. The van der Waals surface area contributed by atoms with Crippen molar-refractivity contribution in [1.29, 1.82) is 0 Å². The van der Waals surface area contributed by atoms with Crippen LogP contribution >= 0.6 is 12.2 Å². The van der Waals surface area contributed by atoms with Crippen molar-refractivity contribution in [2.45, 2.75) is 0 Å². The quantitative estimate of drug-likeness (QED) is 0.643. The number of ether oxygens (including phenoxy) is 2. The average molecular weight is 308 g/mol. The highest BCUT2D eigenvalue weighted by Crippen LogP contribution is 2.36. The van der Waals surface area contributed by atoms with Gasteiger partial charge < -0.3 is 14.6 Å². The molecule has 1 heterocycles. The average Bonchev–Trinajstić information content (AvgIpc) is 2.48. The molecule has 0 atom stereocenters. The monoisotopic (exact) mass is 308 g/mol. The highest BCUT2D eigenvalue weighted by molar-refractivity contribution is 7.71. The number of aromatic hydroxyl groups is 1. The number of nitrogens with one attached hydrogen (secondary N) is 1. The predicted molar refractivity (Wildman–Crippen MR) is 77.9 cm³/mol. The van der Waals surface area contributed by atoms with Crippen molar-refractivity contribution in [2.75, 3.05) is 14.2 Å². The molecule has 0 aliphatic carbocycles. The zero-order chi connectivity index (χ0) is 15.4. The van der Waals surface area contributed by atoms with Gasteiger partial charge in [-0.05, 0) is 24.4 Å². The molecule has 0 radical (unpaired) electrons. The summed E-state index contributed by atoms with van der Waals surface area (Å²) in [4.78, 5) is 11.6. The summed E-state index contributed by atoms with van der Waals surface area (Å²) < 4.78 is 11.1. The number of aromatic amines is 1. The van der Waals surface area contributed by atoms with E-state index in [9.17, 15) is 9.90 Å². The number of benzene rings is 1. The van der Waals surface area contributed by atoms with Gasteiger partial charge >= 0.3 is 0 Å². The maximum atomic E-state index is 11.6. The van der Waals surface area contributed by atoms with Gasteiger partial charge in [-0.1, -0.05) is 0 Å². The molecular formula is C12H12N4O4S. The smallest absolute Gasteiger partial charge is 0.293 e. The van der Waals surface area contributed by atoms with Crippen LogP contribution in [0, 0.1) is 4.77 Å². The first kappa shape index (κ1) is 14.7. The van der Waals surface area contributed by atoms with Crippen molar-refractivity contribution in [3.8, 4) is 17.2 Å². The summed E-state index contributed by atoms with van der Waals surface area (Å²) in [6, 6.07) is 3.08. The fourth-order valence-corrected chi connectivity index (χ4v) is 1.76. The second-order valence-corrected chi connectivity index (χ2v) is 4.23. The lowest BCUT2D eigenvalue weighted by atomic mass is 10.2. The number of aromatic nitrogens is 3. The van der Waals surface area contributed by atoms with Crippen LogP contribution < -0.4 is 15.0 Å². The Kier molecular flexibility index (Phi) is 4.33. The fraction of sp³-hybridized carbons (Fsp3) is 0.167. The molecule has 9 heteroatoms. The molecule has 2 rings (SSSR count). The Morgan fingerprint density at radius 3 is 2.52 bits per heavy atom. The van der Waals surface area contributed by atoms with Crippen LogP contribution in [0.1, 0.15) is 5.56 Å². The van der Waals surface area contributed by atoms with Gasteiger partial charge in [0.15, 0.2) is 11.5 Å². The zero-order valence-electron chi connectivity index (χ0n) is 11.2. The van der Waals surface area contributed by atoms with Crippen molar-refractivity contribution >= 4 is 18.4 Å². The summed E-state index contributed by atoms with van der Waals surface area (Å²) in [5.74, 6) is 0.335. The number of methoxy groups -OCH3 is 2. The van der Waals surface area contributed by atoms with E-state index in [1.165, 1.54) is 20.4 Å². The van der Waals surface area contributed by atoms with E-state index < -0.39 is 5.56 Å². The van der Waals surface area contributed by atoms with Crippen LogP contribution in [-0.4, -0.2) is 40.4 Å². The Morgan fingerprint density at radius 1 is 1.38 bits per heavy atom. The van der Waals surface area contributed by atoms with Crippen molar-refractivity contribution < 1.29 is 14.6 Å². The number of hydrogen-bond acceptors (Lipinski definition) is 7. The Labute approximate surface area is 124 Å². The molecule has 0 saturated carbocycles. The molecule has 0 saturated heterocycles. The molecule has 2 aromatic rings. The summed E-state index contributed by atoms with van der Waals surface area (Å²) in [6.45, 7) is 0. The molecule has 0 fully saturated rings. The van der Waals surface area contributed by atoms with Crippen LogP contribution in [-0.2, 0) is 0 Å². The third kappa shape index (κ3) is 3.08. The van der Waals surface area contributed by atoms with Gasteiger partial charge in [0.25, 0.3) is 5.56 Å². The van der Waals surface area contributed by atoms with Crippen molar-refractivity contribution in [2.24, 2.45) is 5.10 Å². The number of phenols is 1. The summed E-state index contributed by atoms with van der Waals surface area (Å²) in [6.07, 6.45) is 2.45. The first-order chi connectivity index (χ1) is 10.1. The van der Waals surface area contributed by atoms with E-state index in [1.54, 1.807) is 12.1 Å². The topological polar surface area (TPSA) is 102 Å². The summed E-state index contributed by atoms with van der Waals surface area (Å²) in [7, 11) is 2.83. The lowest BCUT2D eigenvalue weighted by Gasteiger charge is -2.09. The molecule has 0 unspecified atom stereocenters. The van der Waals surface area contributed by atoms with Gasteiger partial charge in [0.2, 0.25) is 10.5 Å². The standard InChI is InChI=1S/C12H12N4O4S/c1-19-8-3-7(4-9(20-2)11(8)18)5-14-16-10(17)6-13-15-12(16)21/h3-6,18H,1-2H3,(H,15,21)/b14-5-. The van der Waals surface area contributed by atoms with Crippen LogP contribution in [0.3, 0.4) is 0 Å². The van der Waals surface area contributed by atoms with E-state index in [-0.39, 0.29) is 22.0 Å². The maximum absolute atomic E-state index is 11.6. The first-order valence-corrected chi connectivity index (χ1v) is 6.13. The van der Waals surface area contributed by atoms with Gasteiger partial charge in [-0.2, -0.15) is 14.9 Å². The zero-order valence-corrected chi connectivity index (χ0v) is 12.0.